The van der Waals surface area contributed by atoms with Gasteiger partial charge in [-0.25, -0.2) is 0 Å². The predicted molar refractivity (Wildman–Crippen MR) is 98.3 cm³/mol. The van der Waals surface area contributed by atoms with Crippen molar-refractivity contribution in [3.63, 3.8) is 0 Å². The van der Waals surface area contributed by atoms with Crippen molar-refractivity contribution in [2.75, 3.05) is 11.5 Å². The van der Waals surface area contributed by atoms with E-state index in [-0.39, 0.29) is 30.8 Å². The SMILES string of the molecule is CC(C)(CO)C(=N)CC(=O)NC(=O)C1CCC(=O)N1c1ccc(C(F)(F)F)cc1. The molecule has 10 heteroatoms. The van der Waals surface area contributed by atoms with Crippen LogP contribution >= 0.6 is 0 Å². The van der Waals surface area contributed by atoms with Gasteiger partial charge in [0.1, 0.15) is 6.04 Å². The number of carbonyl (C=O) groups is 3. The van der Waals surface area contributed by atoms with E-state index >= 15 is 0 Å². The van der Waals surface area contributed by atoms with Crippen molar-refractivity contribution >= 4 is 29.1 Å². The third-order valence-electron chi connectivity index (χ3n) is 4.80. The summed E-state index contributed by atoms with van der Waals surface area (Å²) in [7, 11) is 0. The molecule has 1 heterocycles. The van der Waals surface area contributed by atoms with Gasteiger partial charge in [0, 0.05) is 23.2 Å². The normalized spacial score (nSPS) is 17.4. The van der Waals surface area contributed by atoms with Crippen LogP contribution in [-0.4, -0.2) is 41.2 Å². The van der Waals surface area contributed by atoms with E-state index in [1.54, 1.807) is 13.8 Å². The Hall–Kier alpha value is -2.75. The minimum absolute atomic E-state index is 0.0145. The Morgan fingerprint density at radius 2 is 1.83 bits per heavy atom. The number of hydrogen-bond acceptors (Lipinski definition) is 5. The minimum atomic E-state index is -4.52. The highest BCUT2D eigenvalue weighted by Gasteiger charge is 2.38. The first kappa shape index (κ1) is 22.5. The van der Waals surface area contributed by atoms with Gasteiger partial charge in [-0.1, -0.05) is 13.8 Å². The summed E-state index contributed by atoms with van der Waals surface area (Å²) in [5.41, 5.74) is -1.74. The van der Waals surface area contributed by atoms with Gasteiger partial charge in [0.15, 0.2) is 0 Å². The number of rotatable bonds is 6. The summed E-state index contributed by atoms with van der Waals surface area (Å²) >= 11 is 0. The molecule has 1 aliphatic heterocycles. The number of imide groups is 1. The van der Waals surface area contributed by atoms with Gasteiger partial charge in [-0.2, -0.15) is 13.2 Å². The number of halogens is 3. The number of amides is 3. The number of hydrogen-bond donors (Lipinski definition) is 3. The Morgan fingerprint density at radius 3 is 2.34 bits per heavy atom. The Balaban J connectivity index is 2.10. The molecule has 0 bridgehead atoms. The summed E-state index contributed by atoms with van der Waals surface area (Å²) in [6.07, 6.45) is -4.80. The topological polar surface area (TPSA) is 111 Å². The molecule has 1 fully saturated rings. The van der Waals surface area contributed by atoms with Crippen LogP contribution in [0, 0.1) is 10.8 Å². The number of aliphatic hydroxyl groups is 1. The highest BCUT2D eigenvalue weighted by molar-refractivity contribution is 6.11. The van der Waals surface area contributed by atoms with Crippen molar-refractivity contribution in [2.24, 2.45) is 5.41 Å². The molecule has 0 aliphatic carbocycles. The first-order valence-corrected chi connectivity index (χ1v) is 8.88. The van der Waals surface area contributed by atoms with Gasteiger partial charge >= 0.3 is 6.18 Å². The van der Waals surface area contributed by atoms with E-state index in [2.05, 4.69) is 5.32 Å². The van der Waals surface area contributed by atoms with E-state index in [9.17, 15) is 32.7 Å². The van der Waals surface area contributed by atoms with Crippen molar-refractivity contribution in [3.8, 4) is 0 Å². The molecule has 0 radical (unpaired) electrons. The van der Waals surface area contributed by atoms with Gasteiger partial charge in [0.05, 0.1) is 18.6 Å². The van der Waals surface area contributed by atoms with Crippen LogP contribution in [0.25, 0.3) is 0 Å². The average molecular weight is 413 g/mol. The maximum atomic E-state index is 12.7. The quantitative estimate of drug-likeness (QED) is 0.622. The van der Waals surface area contributed by atoms with E-state index in [0.29, 0.717) is 0 Å². The Morgan fingerprint density at radius 1 is 1.24 bits per heavy atom. The smallest absolute Gasteiger partial charge is 0.395 e. The van der Waals surface area contributed by atoms with Gasteiger partial charge in [0.2, 0.25) is 17.7 Å². The number of aliphatic hydroxyl groups excluding tert-OH is 1. The molecule has 2 rings (SSSR count). The fraction of sp³-hybridized carbons (Fsp3) is 0.474. The maximum absolute atomic E-state index is 12.7. The number of nitrogens with one attached hydrogen (secondary N) is 2. The molecule has 3 N–H and O–H groups in total. The van der Waals surface area contributed by atoms with Crippen LogP contribution in [-0.2, 0) is 20.6 Å². The Kier molecular flexibility index (Phi) is 6.46. The van der Waals surface area contributed by atoms with Crippen molar-refractivity contribution in [1.29, 1.82) is 5.41 Å². The molecule has 3 amide bonds. The molecule has 1 aromatic carbocycles. The lowest BCUT2D eigenvalue weighted by atomic mass is 9.86. The predicted octanol–water partition coefficient (Wildman–Crippen LogP) is 2.27. The summed E-state index contributed by atoms with van der Waals surface area (Å²) in [5.74, 6) is -1.96. The number of nitrogens with zero attached hydrogens (tertiary/aromatic N) is 1. The third-order valence-corrected chi connectivity index (χ3v) is 4.80. The average Bonchev–Trinajstić information content (AvgIpc) is 3.02. The van der Waals surface area contributed by atoms with Crippen molar-refractivity contribution in [3.05, 3.63) is 29.8 Å². The van der Waals surface area contributed by atoms with Crippen LogP contribution in [0.5, 0.6) is 0 Å². The van der Waals surface area contributed by atoms with Crippen molar-refractivity contribution < 1.29 is 32.7 Å². The largest absolute Gasteiger partial charge is 0.416 e. The second-order valence-corrected chi connectivity index (χ2v) is 7.47. The second kappa shape index (κ2) is 8.32. The van der Waals surface area contributed by atoms with Gasteiger partial charge in [-0.3, -0.25) is 24.6 Å². The molecule has 1 aromatic rings. The van der Waals surface area contributed by atoms with E-state index in [1.165, 1.54) is 0 Å². The molecule has 0 spiro atoms. The lowest BCUT2D eigenvalue weighted by Crippen LogP contribution is -2.47. The Labute approximate surface area is 165 Å². The molecule has 29 heavy (non-hydrogen) atoms. The summed E-state index contributed by atoms with van der Waals surface area (Å²) in [5, 5.41) is 19.2. The van der Waals surface area contributed by atoms with Gasteiger partial charge < -0.3 is 10.5 Å². The van der Waals surface area contributed by atoms with Crippen LogP contribution in [0.4, 0.5) is 18.9 Å². The van der Waals surface area contributed by atoms with Gasteiger partial charge in [-0.05, 0) is 30.7 Å². The third kappa shape index (κ3) is 5.20. The first-order valence-electron chi connectivity index (χ1n) is 8.88. The number of anilines is 1. The van der Waals surface area contributed by atoms with Crippen LogP contribution in [0.15, 0.2) is 24.3 Å². The zero-order chi connectivity index (χ0) is 22.0. The molecule has 0 saturated carbocycles. The summed E-state index contributed by atoms with van der Waals surface area (Å²) < 4.78 is 38.2. The van der Waals surface area contributed by atoms with Gasteiger partial charge in [-0.15, -0.1) is 0 Å². The highest BCUT2D eigenvalue weighted by Crippen LogP contribution is 2.32. The van der Waals surface area contributed by atoms with Crippen molar-refractivity contribution in [1.82, 2.24) is 5.32 Å². The molecule has 0 aromatic heterocycles. The van der Waals surface area contributed by atoms with E-state index in [4.69, 9.17) is 5.41 Å². The van der Waals surface area contributed by atoms with E-state index in [1.807, 2.05) is 0 Å². The molecule has 7 nitrogen and oxygen atoms in total. The number of benzene rings is 1. The monoisotopic (exact) mass is 413 g/mol. The van der Waals surface area contributed by atoms with Crippen LogP contribution < -0.4 is 10.2 Å². The maximum Gasteiger partial charge on any atom is 0.416 e. The summed E-state index contributed by atoms with van der Waals surface area (Å²) in [4.78, 5) is 37.8. The van der Waals surface area contributed by atoms with Crippen LogP contribution in [0.1, 0.15) is 38.7 Å². The van der Waals surface area contributed by atoms with Gasteiger partial charge in [0.25, 0.3) is 0 Å². The van der Waals surface area contributed by atoms with Crippen molar-refractivity contribution in [2.45, 2.75) is 45.3 Å². The molecule has 1 atom stereocenters. The highest BCUT2D eigenvalue weighted by atomic mass is 19.4. The fourth-order valence-corrected chi connectivity index (χ4v) is 2.83. The molecule has 1 saturated heterocycles. The summed E-state index contributed by atoms with van der Waals surface area (Å²) in [6, 6.07) is 2.81. The zero-order valence-electron chi connectivity index (χ0n) is 16.0. The van der Waals surface area contributed by atoms with Crippen LogP contribution in [0.3, 0.4) is 0 Å². The molecular weight excluding hydrogens is 391 g/mol. The summed E-state index contributed by atoms with van der Waals surface area (Å²) in [6.45, 7) is 2.81. The molecule has 1 unspecified atom stereocenters. The standard InChI is InChI=1S/C19H22F3N3O4/c1-18(2,10-26)14(23)9-15(27)24-17(29)13-7-8-16(28)25(13)12-5-3-11(4-6-12)19(20,21)22/h3-6,13,23,26H,7-10H2,1-2H3,(H,24,27,29). The molecular formula is C19H22F3N3O4. The number of alkyl halides is 3. The number of carbonyl (C=O) groups excluding carboxylic acids is 3. The zero-order valence-corrected chi connectivity index (χ0v) is 16.0. The molecule has 1 aliphatic rings. The Bertz CT molecular complexity index is 819. The lowest BCUT2D eigenvalue weighted by molar-refractivity contribution is -0.137. The second-order valence-electron chi connectivity index (χ2n) is 7.47. The minimum Gasteiger partial charge on any atom is -0.395 e. The first-order chi connectivity index (χ1) is 13.4. The van der Waals surface area contributed by atoms with E-state index in [0.717, 1.165) is 29.2 Å². The van der Waals surface area contributed by atoms with Crippen LogP contribution in [0.2, 0.25) is 0 Å². The lowest BCUT2D eigenvalue weighted by Gasteiger charge is -2.25. The molecule has 158 valence electrons. The van der Waals surface area contributed by atoms with E-state index < -0.39 is 47.3 Å². The fourth-order valence-electron chi connectivity index (χ4n) is 2.83.